The van der Waals surface area contributed by atoms with Crippen molar-refractivity contribution in [3.8, 4) is 0 Å². The molecule has 0 saturated heterocycles. The summed E-state index contributed by atoms with van der Waals surface area (Å²) in [5, 5.41) is 2.83. The standard InChI is InChI=1S/C23H24N2O3S2/c1-15-7-5-10-21(17(15)3)25-30(27,28)22-13-18(12-11-16(22)2)23(26)24-19-8-6-9-20(14-19)29-4/h5-14,25H,1-4H3,(H,24,26). The van der Waals surface area contributed by atoms with Crippen molar-refractivity contribution >= 4 is 39.1 Å². The number of sulfonamides is 1. The lowest BCUT2D eigenvalue weighted by atomic mass is 10.1. The highest BCUT2D eigenvalue weighted by molar-refractivity contribution is 7.98. The van der Waals surface area contributed by atoms with Crippen LogP contribution in [-0.4, -0.2) is 20.6 Å². The maximum atomic E-state index is 13.1. The lowest BCUT2D eigenvalue weighted by molar-refractivity contribution is 0.102. The molecule has 0 spiro atoms. The molecule has 156 valence electrons. The third kappa shape index (κ3) is 4.86. The first-order chi connectivity index (χ1) is 14.2. The zero-order valence-corrected chi connectivity index (χ0v) is 18.9. The van der Waals surface area contributed by atoms with Crippen molar-refractivity contribution in [1.82, 2.24) is 0 Å². The minimum Gasteiger partial charge on any atom is -0.322 e. The predicted molar refractivity (Wildman–Crippen MR) is 124 cm³/mol. The van der Waals surface area contributed by atoms with Crippen LogP contribution in [0.1, 0.15) is 27.0 Å². The van der Waals surface area contributed by atoms with Crippen LogP contribution in [0.4, 0.5) is 11.4 Å². The van der Waals surface area contributed by atoms with Crippen molar-refractivity contribution in [3.05, 3.63) is 82.9 Å². The molecule has 0 aliphatic rings. The van der Waals surface area contributed by atoms with Crippen LogP contribution in [-0.2, 0) is 10.0 Å². The predicted octanol–water partition coefficient (Wildman–Crippen LogP) is 5.39. The van der Waals surface area contributed by atoms with Crippen LogP contribution in [0, 0.1) is 20.8 Å². The van der Waals surface area contributed by atoms with Crippen molar-refractivity contribution in [2.75, 3.05) is 16.3 Å². The second-order valence-corrected chi connectivity index (χ2v) is 9.55. The smallest absolute Gasteiger partial charge is 0.262 e. The Hall–Kier alpha value is -2.77. The number of carbonyl (C=O) groups excluding carboxylic acids is 1. The fourth-order valence-corrected chi connectivity index (χ4v) is 4.85. The molecule has 0 aliphatic carbocycles. The molecule has 2 N–H and O–H groups in total. The van der Waals surface area contributed by atoms with Gasteiger partial charge >= 0.3 is 0 Å². The summed E-state index contributed by atoms with van der Waals surface area (Å²) in [6.07, 6.45) is 1.96. The molecule has 30 heavy (non-hydrogen) atoms. The number of thioether (sulfide) groups is 1. The number of rotatable bonds is 6. The molecular formula is C23H24N2O3S2. The molecule has 0 aromatic heterocycles. The lowest BCUT2D eigenvalue weighted by Gasteiger charge is -2.14. The quantitative estimate of drug-likeness (QED) is 0.504. The van der Waals surface area contributed by atoms with E-state index < -0.39 is 10.0 Å². The Morgan fingerprint density at radius 2 is 1.63 bits per heavy atom. The number of hydrogen-bond donors (Lipinski definition) is 2. The fourth-order valence-electron chi connectivity index (χ4n) is 3.00. The SMILES string of the molecule is CSc1cccc(NC(=O)c2ccc(C)c(S(=O)(=O)Nc3cccc(C)c3C)c2)c1. The fraction of sp³-hybridized carbons (Fsp3) is 0.174. The van der Waals surface area contributed by atoms with Crippen LogP contribution >= 0.6 is 11.8 Å². The van der Waals surface area contributed by atoms with Crippen LogP contribution in [0.3, 0.4) is 0 Å². The van der Waals surface area contributed by atoms with E-state index in [1.165, 1.54) is 6.07 Å². The molecule has 0 saturated carbocycles. The average molecular weight is 441 g/mol. The second-order valence-electron chi connectivity index (χ2n) is 7.02. The summed E-state index contributed by atoms with van der Waals surface area (Å²) in [4.78, 5) is 13.8. The van der Waals surface area contributed by atoms with E-state index in [9.17, 15) is 13.2 Å². The highest BCUT2D eigenvalue weighted by atomic mass is 32.2. The van der Waals surface area contributed by atoms with Gasteiger partial charge in [-0.2, -0.15) is 0 Å². The Kier molecular flexibility index (Phi) is 6.53. The first kappa shape index (κ1) is 21.9. The summed E-state index contributed by atoms with van der Waals surface area (Å²) in [5.41, 5.74) is 3.88. The van der Waals surface area contributed by atoms with E-state index in [-0.39, 0.29) is 16.4 Å². The van der Waals surface area contributed by atoms with Gasteiger partial charge in [0.05, 0.1) is 10.6 Å². The molecule has 0 fully saturated rings. The Morgan fingerprint density at radius 3 is 2.37 bits per heavy atom. The number of nitrogens with one attached hydrogen (secondary N) is 2. The number of hydrogen-bond acceptors (Lipinski definition) is 4. The Bertz CT molecular complexity index is 1200. The first-order valence-electron chi connectivity index (χ1n) is 9.36. The van der Waals surface area contributed by atoms with Crippen molar-refractivity contribution in [3.63, 3.8) is 0 Å². The van der Waals surface area contributed by atoms with Crippen LogP contribution in [0.5, 0.6) is 0 Å². The van der Waals surface area contributed by atoms with Gasteiger partial charge in [-0.3, -0.25) is 9.52 Å². The van der Waals surface area contributed by atoms with Gasteiger partial charge in [-0.15, -0.1) is 11.8 Å². The third-order valence-corrected chi connectivity index (χ3v) is 7.15. The second kappa shape index (κ2) is 8.93. The summed E-state index contributed by atoms with van der Waals surface area (Å²) in [6, 6.07) is 17.6. The molecule has 0 radical (unpaired) electrons. The number of anilines is 2. The Labute approximate surface area is 182 Å². The molecule has 3 aromatic carbocycles. The summed E-state index contributed by atoms with van der Waals surface area (Å²) in [7, 11) is -3.86. The Morgan fingerprint density at radius 1 is 0.900 bits per heavy atom. The van der Waals surface area contributed by atoms with Crippen molar-refractivity contribution in [1.29, 1.82) is 0 Å². The summed E-state index contributed by atoms with van der Waals surface area (Å²) in [5.74, 6) is -0.364. The average Bonchev–Trinajstić information content (AvgIpc) is 2.71. The highest BCUT2D eigenvalue weighted by Crippen LogP contribution is 2.25. The van der Waals surface area contributed by atoms with Crippen molar-refractivity contribution in [2.45, 2.75) is 30.6 Å². The van der Waals surface area contributed by atoms with Gasteiger partial charge in [0.25, 0.3) is 15.9 Å². The van der Waals surface area contributed by atoms with Gasteiger partial charge in [-0.05, 0) is 80.1 Å². The van der Waals surface area contributed by atoms with E-state index >= 15 is 0 Å². The van der Waals surface area contributed by atoms with Gasteiger partial charge in [0.1, 0.15) is 0 Å². The molecule has 7 heteroatoms. The van der Waals surface area contributed by atoms with E-state index in [2.05, 4.69) is 10.0 Å². The molecule has 3 rings (SSSR count). The molecule has 3 aromatic rings. The lowest BCUT2D eigenvalue weighted by Crippen LogP contribution is -2.17. The van der Waals surface area contributed by atoms with Gasteiger partial charge in [0.15, 0.2) is 0 Å². The zero-order valence-electron chi connectivity index (χ0n) is 17.3. The summed E-state index contributed by atoms with van der Waals surface area (Å²) >= 11 is 1.58. The van der Waals surface area contributed by atoms with Gasteiger partial charge in [0.2, 0.25) is 0 Å². The van der Waals surface area contributed by atoms with Crippen LogP contribution in [0.25, 0.3) is 0 Å². The number of benzene rings is 3. The number of amides is 1. The third-order valence-electron chi connectivity index (χ3n) is 4.92. The maximum Gasteiger partial charge on any atom is 0.262 e. The molecular weight excluding hydrogens is 416 g/mol. The topological polar surface area (TPSA) is 75.3 Å². The molecule has 0 bridgehead atoms. The normalized spacial score (nSPS) is 11.2. The van der Waals surface area contributed by atoms with Crippen LogP contribution in [0.15, 0.2) is 70.5 Å². The van der Waals surface area contributed by atoms with E-state index in [1.807, 2.05) is 44.4 Å². The minimum atomic E-state index is -3.86. The largest absolute Gasteiger partial charge is 0.322 e. The Balaban J connectivity index is 1.90. The molecule has 0 unspecified atom stereocenters. The molecule has 1 amide bonds. The van der Waals surface area contributed by atoms with Gasteiger partial charge in [0, 0.05) is 16.1 Å². The number of aryl methyl sites for hydroxylation is 2. The van der Waals surface area contributed by atoms with Crippen LogP contribution in [0.2, 0.25) is 0 Å². The summed E-state index contributed by atoms with van der Waals surface area (Å²) in [6.45, 7) is 5.50. The van der Waals surface area contributed by atoms with E-state index in [0.717, 1.165) is 16.0 Å². The zero-order chi connectivity index (χ0) is 21.9. The van der Waals surface area contributed by atoms with Crippen molar-refractivity contribution < 1.29 is 13.2 Å². The summed E-state index contributed by atoms with van der Waals surface area (Å²) < 4.78 is 28.8. The minimum absolute atomic E-state index is 0.0777. The van der Waals surface area contributed by atoms with Gasteiger partial charge in [-0.25, -0.2) is 8.42 Å². The molecule has 0 aliphatic heterocycles. The molecule has 5 nitrogen and oxygen atoms in total. The first-order valence-corrected chi connectivity index (χ1v) is 12.1. The highest BCUT2D eigenvalue weighted by Gasteiger charge is 2.20. The monoisotopic (exact) mass is 440 g/mol. The van der Waals surface area contributed by atoms with E-state index in [0.29, 0.717) is 16.9 Å². The van der Waals surface area contributed by atoms with Crippen LogP contribution < -0.4 is 10.0 Å². The van der Waals surface area contributed by atoms with Gasteiger partial charge in [-0.1, -0.05) is 24.3 Å². The van der Waals surface area contributed by atoms with E-state index in [4.69, 9.17) is 0 Å². The maximum absolute atomic E-state index is 13.1. The van der Waals surface area contributed by atoms with Gasteiger partial charge < -0.3 is 5.32 Å². The van der Waals surface area contributed by atoms with Crippen molar-refractivity contribution in [2.24, 2.45) is 0 Å². The molecule has 0 atom stereocenters. The molecule has 0 heterocycles. The number of carbonyl (C=O) groups is 1. The van der Waals surface area contributed by atoms with E-state index in [1.54, 1.807) is 49.0 Å².